The molecule has 1 unspecified atom stereocenters. The topological polar surface area (TPSA) is 47.4 Å². The van der Waals surface area contributed by atoms with Crippen LogP contribution in [-0.4, -0.2) is 41.4 Å². The van der Waals surface area contributed by atoms with Crippen LogP contribution in [0.2, 0.25) is 0 Å². The maximum absolute atomic E-state index is 14.5. The summed E-state index contributed by atoms with van der Waals surface area (Å²) in [7, 11) is 3.79. The number of imidazole rings is 1. The molecule has 0 aliphatic heterocycles. The van der Waals surface area contributed by atoms with Crippen LogP contribution in [0, 0.1) is 5.82 Å². The first kappa shape index (κ1) is 25.7. The standard InChI is InChI=1S/C27H25ClF3N3O2/c1-4-22(33(2)3)26-32-21-11-10-17(16-8-9-18(14-28)20(29)12-16)13-23(21)34(26)25-19(15-35)6-5-7-24(25)36-27(30)31/h5-13,15,22,27H,4,14H2,1-3H3. The Labute approximate surface area is 212 Å². The van der Waals surface area contributed by atoms with Crippen molar-refractivity contribution in [3.05, 3.63) is 77.4 Å². The number of hydrogen-bond acceptors (Lipinski definition) is 4. The summed E-state index contributed by atoms with van der Waals surface area (Å²) in [4.78, 5) is 18.8. The molecule has 0 spiro atoms. The summed E-state index contributed by atoms with van der Waals surface area (Å²) in [6.45, 7) is -1.10. The lowest BCUT2D eigenvalue weighted by molar-refractivity contribution is -0.0498. The van der Waals surface area contributed by atoms with Crippen molar-refractivity contribution in [2.75, 3.05) is 14.1 Å². The maximum Gasteiger partial charge on any atom is 0.387 e. The van der Waals surface area contributed by atoms with Crippen molar-refractivity contribution < 1.29 is 22.7 Å². The monoisotopic (exact) mass is 515 g/mol. The Kier molecular flexibility index (Phi) is 7.66. The van der Waals surface area contributed by atoms with Gasteiger partial charge in [-0.15, -0.1) is 11.6 Å². The van der Waals surface area contributed by atoms with E-state index < -0.39 is 12.4 Å². The lowest BCUT2D eigenvalue weighted by Crippen LogP contribution is -2.23. The SMILES string of the molecule is CCC(c1nc2ccc(-c3ccc(CCl)c(F)c3)cc2n1-c1c(C=O)cccc1OC(F)F)N(C)C. The third kappa shape index (κ3) is 4.83. The zero-order valence-corrected chi connectivity index (χ0v) is 20.8. The summed E-state index contributed by atoms with van der Waals surface area (Å²) in [5.74, 6) is 0.0485. The minimum absolute atomic E-state index is 0.0552. The van der Waals surface area contributed by atoms with Gasteiger partial charge < -0.3 is 4.74 Å². The van der Waals surface area contributed by atoms with Gasteiger partial charge in [-0.2, -0.15) is 8.78 Å². The molecule has 0 bridgehead atoms. The number of hydrogen-bond donors (Lipinski definition) is 0. The molecule has 36 heavy (non-hydrogen) atoms. The summed E-state index contributed by atoms with van der Waals surface area (Å²) in [6.07, 6.45) is 1.27. The number of carbonyl (C=O) groups excluding carboxylic acids is 1. The van der Waals surface area contributed by atoms with Crippen molar-refractivity contribution >= 4 is 28.9 Å². The van der Waals surface area contributed by atoms with E-state index in [1.807, 2.05) is 32.0 Å². The van der Waals surface area contributed by atoms with E-state index in [4.69, 9.17) is 21.3 Å². The van der Waals surface area contributed by atoms with Crippen LogP contribution in [0.5, 0.6) is 5.75 Å². The number of ether oxygens (including phenoxy) is 1. The van der Waals surface area contributed by atoms with E-state index >= 15 is 0 Å². The molecule has 0 N–H and O–H groups in total. The van der Waals surface area contributed by atoms with E-state index in [0.29, 0.717) is 46.3 Å². The van der Waals surface area contributed by atoms with Crippen LogP contribution in [-0.2, 0) is 5.88 Å². The minimum atomic E-state index is -3.08. The number of benzene rings is 3. The number of aromatic nitrogens is 2. The van der Waals surface area contributed by atoms with Gasteiger partial charge in [0.1, 0.15) is 17.3 Å². The molecule has 4 aromatic rings. The van der Waals surface area contributed by atoms with Crippen molar-refractivity contribution in [1.82, 2.24) is 14.5 Å². The second-order valence-electron chi connectivity index (χ2n) is 8.53. The average molecular weight is 516 g/mol. The summed E-state index contributed by atoms with van der Waals surface area (Å²) in [5, 5.41) is 0. The van der Waals surface area contributed by atoms with E-state index in [9.17, 15) is 18.0 Å². The number of rotatable bonds is 9. The molecule has 0 saturated carbocycles. The third-order valence-electron chi connectivity index (χ3n) is 6.12. The van der Waals surface area contributed by atoms with E-state index in [-0.39, 0.29) is 28.9 Å². The normalized spacial score (nSPS) is 12.5. The van der Waals surface area contributed by atoms with Gasteiger partial charge in [-0.1, -0.05) is 31.2 Å². The molecular weight excluding hydrogens is 491 g/mol. The van der Waals surface area contributed by atoms with Gasteiger partial charge in [0.15, 0.2) is 12.0 Å². The van der Waals surface area contributed by atoms with E-state index in [1.54, 1.807) is 28.8 Å². The molecule has 1 heterocycles. The molecule has 0 aliphatic rings. The fourth-order valence-electron chi connectivity index (χ4n) is 4.41. The fraction of sp³-hybridized carbons (Fsp3) is 0.259. The highest BCUT2D eigenvalue weighted by Gasteiger charge is 2.26. The van der Waals surface area contributed by atoms with Crippen LogP contribution >= 0.6 is 11.6 Å². The van der Waals surface area contributed by atoms with E-state index in [1.165, 1.54) is 24.3 Å². The molecule has 9 heteroatoms. The lowest BCUT2D eigenvalue weighted by atomic mass is 10.0. The third-order valence-corrected chi connectivity index (χ3v) is 6.40. The number of alkyl halides is 3. The number of fused-ring (bicyclic) bond motifs is 1. The smallest absolute Gasteiger partial charge is 0.387 e. The van der Waals surface area contributed by atoms with Crippen molar-refractivity contribution in [2.45, 2.75) is 31.9 Å². The number of halogens is 4. The van der Waals surface area contributed by atoms with Crippen LogP contribution in [0.15, 0.2) is 54.6 Å². The maximum atomic E-state index is 14.5. The predicted molar refractivity (Wildman–Crippen MR) is 135 cm³/mol. The lowest BCUT2D eigenvalue weighted by Gasteiger charge is -2.25. The second kappa shape index (κ2) is 10.7. The Balaban J connectivity index is 2.05. The van der Waals surface area contributed by atoms with Crippen LogP contribution < -0.4 is 4.74 Å². The zero-order valence-electron chi connectivity index (χ0n) is 20.0. The van der Waals surface area contributed by atoms with E-state index in [0.717, 1.165) is 0 Å². The van der Waals surface area contributed by atoms with Crippen LogP contribution in [0.25, 0.3) is 27.8 Å². The van der Waals surface area contributed by atoms with Gasteiger partial charge in [-0.25, -0.2) is 9.37 Å². The fourth-order valence-corrected chi connectivity index (χ4v) is 4.63. The number of para-hydroxylation sites is 1. The molecule has 0 aliphatic carbocycles. The molecule has 0 fully saturated rings. The highest BCUT2D eigenvalue weighted by molar-refractivity contribution is 6.17. The Hall–Kier alpha value is -3.36. The Morgan fingerprint density at radius 1 is 1.11 bits per heavy atom. The number of carbonyl (C=O) groups is 1. The highest BCUT2D eigenvalue weighted by Crippen LogP contribution is 2.37. The summed E-state index contributed by atoms with van der Waals surface area (Å²) in [5.41, 5.74) is 3.20. The molecule has 188 valence electrons. The van der Waals surface area contributed by atoms with Crippen molar-refractivity contribution in [3.63, 3.8) is 0 Å². The Morgan fingerprint density at radius 3 is 2.44 bits per heavy atom. The largest absolute Gasteiger partial charge is 0.433 e. The van der Waals surface area contributed by atoms with Gasteiger partial charge in [-0.3, -0.25) is 14.3 Å². The molecule has 0 amide bonds. The Morgan fingerprint density at radius 2 is 1.83 bits per heavy atom. The summed E-state index contributed by atoms with van der Waals surface area (Å²) < 4.78 is 47.7. The number of nitrogens with zero attached hydrogens (tertiary/aromatic N) is 3. The molecular formula is C27H25ClF3N3O2. The molecule has 1 atom stereocenters. The van der Waals surface area contributed by atoms with Crippen molar-refractivity contribution in [3.8, 4) is 22.6 Å². The van der Waals surface area contributed by atoms with Gasteiger partial charge in [0.2, 0.25) is 0 Å². The molecule has 1 aromatic heterocycles. The second-order valence-corrected chi connectivity index (χ2v) is 8.79. The number of aldehydes is 1. The average Bonchev–Trinajstić information content (AvgIpc) is 3.21. The van der Waals surface area contributed by atoms with Gasteiger partial charge in [0, 0.05) is 11.1 Å². The van der Waals surface area contributed by atoms with Gasteiger partial charge in [-0.05, 0) is 62.0 Å². The van der Waals surface area contributed by atoms with Crippen LogP contribution in [0.1, 0.15) is 41.1 Å². The molecule has 5 nitrogen and oxygen atoms in total. The van der Waals surface area contributed by atoms with Gasteiger partial charge >= 0.3 is 6.61 Å². The van der Waals surface area contributed by atoms with Crippen molar-refractivity contribution in [2.24, 2.45) is 0 Å². The summed E-state index contributed by atoms with van der Waals surface area (Å²) >= 11 is 5.80. The van der Waals surface area contributed by atoms with Crippen molar-refractivity contribution in [1.29, 1.82) is 0 Å². The minimum Gasteiger partial charge on any atom is -0.433 e. The molecule has 4 rings (SSSR count). The Bertz CT molecular complexity index is 1400. The van der Waals surface area contributed by atoms with Crippen LogP contribution in [0.4, 0.5) is 13.2 Å². The van der Waals surface area contributed by atoms with Crippen LogP contribution in [0.3, 0.4) is 0 Å². The molecule has 3 aromatic carbocycles. The predicted octanol–water partition coefficient (Wildman–Crippen LogP) is 7.00. The van der Waals surface area contributed by atoms with Gasteiger partial charge in [0.05, 0.1) is 23.0 Å². The zero-order chi connectivity index (χ0) is 26.0. The molecule has 0 saturated heterocycles. The quantitative estimate of drug-likeness (QED) is 0.178. The first-order valence-corrected chi connectivity index (χ1v) is 11.9. The van der Waals surface area contributed by atoms with E-state index in [2.05, 4.69) is 0 Å². The van der Waals surface area contributed by atoms with Gasteiger partial charge in [0.25, 0.3) is 0 Å². The highest BCUT2D eigenvalue weighted by atomic mass is 35.5. The first-order valence-electron chi connectivity index (χ1n) is 11.4. The summed E-state index contributed by atoms with van der Waals surface area (Å²) in [6, 6.07) is 14.4. The first-order chi connectivity index (χ1) is 17.3. The molecule has 0 radical (unpaired) electrons.